The average Bonchev–Trinajstić information content (AvgIpc) is 3.39. The number of carbonyl (C=O) groups excluding carboxylic acids is 2. The molecule has 3 heterocycles. The van der Waals surface area contributed by atoms with Crippen LogP contribution in [0.25, 0.3) is 22.3 Å². The monoisotopic (exact) mass is 507 g/mol. The van der Waals surface area contributed by atoms with E-state index < -0.39 is 17.9 Å². The van der Waals surface area contributed by atoms with E-state index in [0.717, 1.165) is 22.3 Å². The van der Waals surface area contributed by atoms with Crippen LogP contribution in [0.2, 0.25) is 0 Å². The van der Waals surface area contributed by atoms with Gasteiger partial charge < -0.3 is 26.3 Å². The molecule has 1 unspecified atom stereocenters. The lowest BCUT2D eigenvalue weighted by atomic mass is 10.1. The van der Waals surface area contributed by atoms with Gasteiger partial charge in [0.1, 0.15) is 6.04 Å². The van der Waals surface area contributed by atoms with Crippen molar-refractivity contribution in [1.82, 2.24) is 30.2 Å². The Morgan fingerprint density at radius 3 is 2.50 bits per heavy atom. The molecule has 0 radical (unpaired) electrons. The van der Waals surface area contributed by atoms with Gasteiger partial charge in [0.2, 0.25) is 17.8 Å². The second-order valence-electron chi connectivity index (χ2n) is 8.42. The Hall–Kier alpha value is -5.32. The van der Waals surface area contributed by atoms with Gasteiger partial charge in [-0.2, -0.15) is 0 Å². The van der Waals surface area contributed by atoms with Gasteiger partial charge in [-0.1, -0.05) is 18.2 Å². The zero-order valence-electron chi connectivity index (χ0n) is 20.5. The first kappa shape index (κ1) is 24.4. The first-order chi connectivity index (χ1) is 18.5. The zero-order valence-corrected chi connectivity index (χ0v) is 20.5. The van der Waals surface area contributed by atoms with Crippen molar-refractivity contribution in [3.8, 4) is 11.4 Å². The van der Waals surface area contributed by atoms with E-state index in [4.69, 9.17) is 5.73 Å². The van der Waals surface area contributed by atoms with Crippen molar-refractivity contribution in [2.24, 2.45) is 5.73 Å². The largest absolute Gasteiger partial charge is 0.368 e. The molecule has 0 saturated carbocycles. The van der Waals surface area contributed by atoms with Gasteiger partial charge in [-0.05, 0) is 48.5 Å². The van der Waals surface area contributed by atoms with Gasteiger partial charge in [0, 0.05) is 47.8 Å². The lowest BCUT2D eigenvalue weighted by Crippen LogP contribution is -2.50. The molecule has 0 saturated heterocycles. The Morgan fingerprint density at radius 1 is 0.974 bits per heavy atom. The van der Waals surface area contributed by atoms with Crippen LogP contribution in [-0.2, 0) is 4.79 Å². The molecule has 5 aromatic rings. The summed E-state index contributed by atoms with van der Waals surface area (Å²) in [5, 5.41) is 6.51. The molecular formula is C27H25N9O2. The molecule has 0 bridgehead atoms. The smallest absolute Gasteiger partial charge is 0.252 e. The summed E-state index contributed by atoms with van der Waals surface area (Å²) in [5.41, 5.74) is 9.18. The standard InChI is InChI=1S/C27H25N9O2/c1-29-26-30-13-10-21(35-26)22-15-18-14-17(8-9-20(18)33-22)25(38)34-23(24(28)37)16-36(19-6-3-2-4-7-19)27-31-11-5-12-32-27/h2-15,23,33H,16H2,1H3,(H2,28,37)(H,34,38)(H,29,30,35). The number of carbonyl (C=O) groups is 2. The van der Waals surface area contributed by atoms with Crippen LogP contribution in [0.3, 0.4) is 0 Å². The number of hydrogen-bond acceptors (Lipinski definition) is 8. The van der Waals surface area contributed by atoms with Crippen LogP contribution in [0.4, 0.5) is 17.6 Å². The van der Waals surface area contributed by atoms with E-state index in [0.29, 0.717) is 23.2 Å². The topological polar surface area (TPSA) is 155 Å². The number of H-pyrrole nitrogens is 1. The molecule has 5 N–H and O–H groups in total. The van der Waals surface area contributed by atoms with Gasteiger partial charge in [0.05, 0.1) is 17.9 Å². The average molecular weight is 508 g/mol. The number of benzene rings is 2. The molecule has 3 aromatic heterocycles. The van der Waals surface area contributed by atoms with E-state index in [-0.39, 0.29) is 6.54 Å². The molecule has 0 spiro atoms. The fourth-order valence-corrected chi connectivity index (χ4v) is 4.01. The molecule has 11 nitrogen and oxygen atoms in total. The molecule has 0 aliphatic carbocycles. The summed E-state index contributed by atoms with van der Waals surface area (Å²) in [5.74, 6) is -0.222. The Kier molecular flexibility index (Phi) is 6.89. The lowest BCUT2D eigenvalue weighted by Gasteiger charge is -2.26. The number of nitrogens with zero attached hydrogens (tertiary/aromatic N) is 5. The summed E-state index contributed by atoms with van der Waals surface area (Å²) in [6, 6.07) is 19.0. The third kappa shape index (κ3) is 5.26. The number of hydrogen-bond donors (Lipinski definition) is 4. The van der Waals surface area contributed by atoms with Crippen LogP contribution < -0.4 is 21.3 Å². The number of amides is 2. The van der Waals surface area contributed by atoms with E-state index in [1.54, 1.807) is 60.9 Å². The molecule has 190 valence electrons. The maximum absolute atomic E-state index is 13.2. The van der Waals surface area contributed by atoms with Crippen molar-refractivity contribution in [2.75, 3.05) is 23.8 Å². The van der Waals surface area contributed by atoms with Crippen LogP contribution in [0.15, 0.2) is 85.3 Å². The fourth-order valence-electron chi connectivity index (χ4n) is 4.01. The SMILES string of the molecule is CNc1nccc(-c2cc3cc(C(=O)NC(CN(c4ccccc4)c4ncccn4)C(N)=O)ccc3[nH]2)n1. The maximum atomic E-state index is 13.2. The number of aromatic nitrogens is 5. The van der Waals surface area contributed by atoms with Crippen LogP contribution in [0.1, 0.15) is 10.4 Å². The summed E-state index contributed by atoms with van der Waals surface area (Å²) >= 11 is 0. The number of nitrogens with two attached hydrogens (primary N) is 1. The molecule has 1 atom stereocenters. The minimum absolute atomic E-state index is 0.0488. The van der Waals surface area contributed by atoms with Crippen LogP contribution in [0, 0.1) is 0 Å². The van der Waals surface area contributed by atoms with Crippen LogP contribution >= 0.6 is 0 Å². The Morgan fingerprint density at radius 2 is 1.76 bits per heavy atom. The Balaban J connectivity index is 1.38. The molecule has 2 aromatic carbocycles. The van der Waals surface area contributed by atoms with Crippen molar-refractivity contribution >= 4 is 40.3 Å². The first-order valence-corrected chi connectivity index (χ1v) is 11.9. The summed E-state index contributed by atoms with van der Waals surface area (Å²) in [7, 11) is 1.75. The predicted octanol–water partition coefficient (Wildman–Crippen LogP) is 2.88. The minimum atomic E-state index is -1.01. The molecule has 0 fully saturated rings. The normalized spacial score (nSPS) is 11.6. The van der Waals surface area contributed by atoms with Gasteiger partial charge in [0.15, 0.2) is 0 Å². The highest BCUT2D eigenvalue weighted by Gasteiger charge is 2.25. The van der Waals surface area contributed by atoms with Crippen molar-refractivity contribution in [1.29, 1.82) is 0 Å². The van der Waals surface area contributed by atoms with E-state index in [9.17, 15) is 9.59 Å². The van der Waals surface area contributed by atoms with Gasteiger partial charge in [-0.25, -0.2) is 19.9 Å². The highest BCUT2D eigenvalue weighted by Crippen LogP contribution is 2.25. The number of para-hydroxylation sites is 1. The maximum Gasteiger partial charge on any atom is 0.252 e. The van der Waals surface area contributed by atoms with E-state index >= 15 is 0 Å². The summed E-state index contributed by atoms with van der Waals surface area (Å²) in [4.78, 5) is 47.9. The fraction of sp³-hybridized carbons (Fsp3) is 0.111. The second-order valence-corrected chi connectivity index (χ2v) is 8.42. The second kappa shape index (κ2) is 10.7. The van der Waals surface area contributed by atoms with Crippen LogP contribution in [0.5, 0.6) is 0 Å². The van der Waals surface area contributed by atoms with E-state index in [2.05, 4.69) is 35.6 Å². The molecule has 0 aliphatic heterocycles. The number of nitrogens with one attached hydrogen (secondary N) is 3. The van der Waals surface area contributed by atoms with Crippen molar-refractivity contribution < 1.29 is 9.59 Å². The molecule has 11 heteroatoms. The van der Waals surface area contributed by atoms with Crippen molar-refractivity contribution in [2.45, 2.75) is 6.04 Å². The van der Waals surface area contributed by atoms with Gasteiger partial charge in [-0.15, -0.1) is 0 Å². The summed E-state index contributed by atoms with van der Waals surface area (Å²) < 4.78 is 0. The third-order valence-electron chi connectivity index (χ3n) is 5.91. The quantitative estimate of drug-likeness (QED) is 0.237. The molecule has 38 heavy (non-hydrogen) atoms. The Bertz CT molecular complexity index is 1530. The van der Waals surface area contributed by atoms with Crippen LogP contribution in [-0.4, -0.2) is 56.4 Å². The number of primary amides is 1. The van der Waals surface area contributed by atoms with Gasteiger partial charge >= 0.3 is 0 Å². The summed E-state index contributed by atoms with van der Waals surface area (Å²) in [6.07, 6.45) is 4.89. The highest BCUT2D eigenvalue weighted by molar-refractivity contribution is 6.01. The zero-order chi connectivity index (χ0) is 26.5. The number of aromatic amines is 1. The minimum Gasteiger partial charge on any atom is -0.368 e. The van der Waals surface area contributed by atoms with Gasteiger partial charge in [-0.3, -0.25) is 9.59 Å². The number of rotatable bonds is 9. The van der Waals surface area contributed by atoms with E-state index in [1.807, 2.05) is 36.4 Å². The number of fused-ring (bicyclic) bond motifs is 1. The Labute approximate surface area is 218 Å². The van der Waals surface area contributed by atoms with Gasteiger partial charge in [0.25, 0.3) is 5.91 Å². The summed E-state index contributed by atoms with van der Waals surface area (Å²) in [6.45, 7) is 0.0488. The molecule has 0 aliphatic rings. The highest BCUT2D eigenvalue weighted by atomic mass is 16.2. The van der Waals surface area contributed by atoms with Crippen molar-refractivity contribution in [3.63, 3.8) is 0 Å². The van der Waals surface area contributed by atoms with Crippen molar-refractivity contribution in [3.05, 3.63) is 90.9 Å². The first-order valence-electron chi connectivity index (χ1n) is 11.9. The molecular weight excluding hydrogens is 482 g/mol. The predicted molar refractivity (Wildman–Crippen MR) is 145 cm³/mol. The lowest BCUT2D eigenvalue weighted by molar-refractivity contribution is -0.119. The molecule has 2 amide bonds. The van der Waals surface area contributed by atoms with E-state index in [1.165, 1.54) is 0 Å². The third-order valence-corrected chi connectivity index (χ3v) is 5.91. The number of anilines is 3. The molecule has 5 rings (SSSR count).